The highest BCUT2D eigenvalue weighted by Crippen LogP contribution is 2.36. The largest absolute Gasteiger partial charge is 0.416 e. The third kappa shape index (κ3) is 5.97. The fourth-order valence-electron chi connectivity index (χ4n) is 5.71. The second-order valence-electron chi connectivity index (χ2n) is 11.1. The summed E-state index contributed by atoms with van der Waals surface area (Å²) < 4.78 is 71.0. The maximum Gasteiger partial charge on any atom is 0.416 e. The normalized spacial score (nSPS) is 16.0. The third-order valence-corrected chi connectivity index (χ3v) is 8.35. The van der Waals surface area contributed by atoms with Crippen LogP contribution in [0.2, 0.25) is 0 Å². The van der Waals surface area contributed by atoms with E-state index in [4.69, 9.17) is 0 Å². The van der Waals surface area contributed by atoms with Gasteiger partial charge < -0.3 is 14.9 Å². The first-order valence-electron chi connectivity index (χ1n) is 14.4. The van der Waals surface area contributed by atoms with Gasteiger partial charge in [-0.1, -0.05) is 6.07 Å². The van der Waals surface area contributed by atoms with E-state index in [9.17, 15) is 31.9 Å². The molecule has 0 spiro atoms. The Bertz CT molecular complexity index is 1850. The van der Waals surface area contributed by atoms with Crippen molar-refractivity contribution in [2.24, 2.45) is 0 Å². The Morgan fingerprint density at radius 1 is 0.826 bits per heavy atom. The third-order valence-electron chi connectivity index (χ3n) is 8.35. The number of hydrogen-bond acceptors (Lipinski definition) is 7. The van der Waals surface area contributed by atoms with Crippen LogP contribution < -0.4 is 15.5 Å². The van der Waals surface area contributed by atoms with Crippen LogP contribution in [0.25, 0.3) is 5.69 Å². The lowest BCUT2D eigenvalue weighted by atomic mass is 9.86. The lowest BCUT2D eigenvalue weighted by molar-refractivity contribution is -0.137. The van der Waals surface area contributed by atoms with Gasteiger partial charge in [0.05, 0.1) is 23.8 Å². The summed E-state index contributed by atoms with van der Waals surface area (Å²) in [7, 11) is 0. The Labute approximate surface area is 259 Å². The summed E-state index contributed by atoms with van der Waals surface area (Å²) in [5.74, 6) is -1.80. The molecule has 2 atom stereocenters. The monoisotopic (exact) mass is 640 g/mol. The van der Waals surface area contributed by atoms with Crippen LogP contribution in [0, 0.1) is 11.6 Å². The first kappa shape index (κ1) is 31.0. The molecule has 2 unspecified atom stereocenters. The van der Waals surface area contributed by atoms with Gasteiger partial charge >= 0.3 is 11.9 Å². The summed E-state index contributed by atoms with van der Waals surface area (Å²) in [5.41, 5.74) is -1.45. The molecule has 1 saturated heterocycles. The van der Waals surface area contributed by atoms with Crippen molar-refractivity contribution < 1.29 is 27.1 Å². The van der Waals surface area contributed by atoms with Gasteiger partial charge in [0.15, 0.2) is 0 Å². The van der Waals surface area contributed by atoms with Gasteiger partial charge in [0.25, 0.3) is 0 Å². The second-order valence-corrected chi connectivity index (χ2v) is 11.1. The van der Waals surface area contributed by atoms with E-state index in [1.807, 2.05) is 17.0 Å². The quantitative estimate of drug-likeness (QED) is 0.251. The van der Waals surface area contributed by atoms with Gasteiger partial charge in [-0.3, -0.25) is 0 Å². The molecule has 2 aromatic heterocycles. The topological polar surface area (TPSA) is 97.2 Å². The number of benzene rings is 3. The fourth-order valence-corrected chi connectivity index (χ4v) is 5.71. The number of halogens is 5. The van der Waals surface area contributed by atoms with Crippen molar-refractivity contribution in [3.05, 3.63) is 119 Å². The molecular weight excluding hydrogens is 611 g/mol. The van der Waals surface area contributed by atoms with Gasteiger partial charge in [-0.2, -0.15) is 23.4 Å². The van der Waals surface area contributed by atoms with Gasteiger partial charge in [0.2, 0.25) is 0 Å². The predicted molar refractivity (Wildman–Crippen MR) is 159 cm³/mol. The van der Waals surface area contributed by atoms with Crippen molar-refractivity contribution in [2.45, 2.75) is 31.3 Å². The maximum atomic E-state index is 15.0. The van der Waals surface area contributed by atoms with Crippen molar-refractivity contribution in [2.75, 3.05) is 36.0 Å². The molecular formula is C31H29F5N8O2. The Balaban J connectivity index is 1.18. The van der Waals surface area contributed by atoms with Crippen LogP contribution in [0.1, 0.15) is 24.1 Å². The lowest BCUT2D eigenvalue weighted by Gasteiger charge is -2.37. The number of hydrogen-bond donors (Lipinski definition) is 1. The van der Waals surface area contributed by atoms with E-state index in [0.29, 0.717) is 37.9 Å². The maximum absolute atomic E-state index is 15.0. The number of nitrogens with zero attached hydrogens (tertiary/aromatic N) is 8. The van der Waals surface area contributed by atoms with Gasteiger partial charge in [-0.05, 0) is 61.5 Å². The molecule has 15 heteroatoms. The van der Waals surface area contributed by atoms with Gasteiger partial charge in [-0.15, -0.1) is 0 Å². The SMILES string of the molecule is CC(n1ncn(-c2ccc(N3CCN(c4ccc(C(F)(F)F)cc4)CC3)cc2)c1=O)C(O)(Cn1cncn1)c1ccc(F)cc1F. The molecule has 6 rings (SSSR count). The molecule has 3 aromatic carbocycles. The Hall–Kier alpha value is -5.05. The van der Waals surface area contributed by atoms with Crippen molar-refractivity contribution in [1.82, 2.24) is 29.1 Å². The molecule has 0 bridgehead atoms. The molecule has 0 aliphatic carbocycles. The van der Waals surface area contributed by atoms with Gasteiger partial charge in [0.1, 0.15) is 36.2 Å². The molecule has 1 fully saturated rings. The lowest BCUT2D eigenvalue weighted by Crippen LogP contribution is -2.46. The van der Waals surface area contributed by atoms with Crippen molar-refractivity contribution in [3.63, 3.8) is 0 Å². The number of anilines is 2. The van der Waals surface area contributed by atoms with Crippen LogP contribution >= 0.6 is 0 Å². The zero-order valence-electron chi connectivity index (χ0n) is 24.5. The van der Waals surface area contributed by atoms with E-state index in [1.54, 1.807) is 12.1 Å². The number of aromatic nitrogens is 6. The highest BCUT2D eigenvalue weighted by atomic mass is 19.4. The molecule has 3 heterocycles. The first-order chi connectivity index (χ1) is 21.9. The zero-order valence-corrected chi connectivity index (χ0v) is 24.5. The summed E-state index contributed by atoms with van der Waals surface area (Å²) in [6.07, 6.45) is -0.503. The van der Waals surface area contributed by atoms with Crippen molar-refractivity contribution in [1.29, 1.82) is 0 Å². The molecule has 1 aliphatic rings. The van der Waals surface area contributed by atoms with E-state index in [-0.39, 0.29) is 12.1 Å². The Morgan fingerprint density at radius 3 is 1.96 bits per heavy atom. The smallest absolute Gasteiger partial charge is 0.381 e. The van der Waals surface area contributed by atoms with Crippen LogP contribution in [0.4, 0.5) is 33.3 Å². The highest BCUT2D eigenvalue weighted by Gasteiger charge is 2.42. The molecule has 0 saturated carbocycles. The van der Waals surface area contributed by atoms with Crippen molar-refractivity contribution in [3.8, 4) is 5.69 Å². The van der Waals surface area contributed by atoms with E-state index in [2.05, 4.69) is 20.1 Å². The zero-order chi connectivity index (χ0) is 32.6. The average molecular weight is 641 g/mol. The molecule has 0 amide bonds. The number of alkyl halides is 3. The Morgan fingerprint density at radius 2 is 1.41 bits per heavy atom. The summed E-state index contributed by atoms with van der Waals surface area (Å²) >= 11 is 0. The highest BCUT2D eigenvalue weighted by molar-refractivity contribution is 5.54. The number of aliphatic hydroxyl groups is 1. The minimum atomic E-state index is -4.38. The summed E-state index contributed by atoms with van der Waals surface area (Å²) in [6, 6.07) is 14.0. The summed E-state index contributed by atoms with van der Waals surface area (Å²) in [6.45, 7) is 3.72. The molecule has 240 valence electrons. The molecule has 10 nitrogen and oxygen atoms in total. The number of piperazine rings is 1. The van der Waals surface area contributed by atoms with Crippen molar-refractivity contribution >= 4 is 11.4 Å². The van der Waals surface area contributed by atoms with E-state index >= 15 is 0 Å². The van der Waals surface area contributed by atoms with Gasteiger partial charge in [-0.25, -0.2) is 32.5 Å². The minimum absolute atomic E-state index is 0.235. The van der Waals surface area contributed by atoms with Crippen LogP contribution in [0.5, 0.6) is 0 Å². The minimum Gasteiger partial charge on any atom is -0.381 e. The first-order valence-corrected chi connectivity index (χ1v) is 14.4. The average Bonchev–Trinajstić information content (AvgIpc) is 3.69. The molecule has 0 radical (unpaired) electrons. The van der Waals surface area contributed by atoms with Crippen LogP contribution in [0.3, 0.4) is 0 Å². The molecule has 1 aliphatic heterocycles. The second kappa shape index (κ2) is 12.0. The molecule has 5 aromatic rings. The van der Waals surface area contributed by atoms with E-state index in [0.717, 1.165) is 40.3 Å². The standard InChI is InChI=1S/C31H29F5N8O2/c1-21(30(46,17-42-19-37-18-38-42)27-11-4-23(32)16-28(27)33)44-29(45)43(20-39-44)26-9-7-25(8-10-26)41-14-12-40(13-15-41)24-5-2-22(3-6-24)31(34,35)36/h2-11,16,18-21,46H,12-15,17H2,1H3. The van der Waals surface area contributed by atoms with E-state index < -0.39 is 40.7 Å². The van der Waals surface area contributed by atoms with Gasteiger partial charge in [0, 0.05) is 49.2 Å². The fraction of sp³-hybridized carbons (Fsp3) is 0.290. The van der Waals surface area contributed by atoms with Crippen LogP contribution in [-0.2, 0) is 18.3 Å². The number of rotatable bonds is 8. The molecule has 1 N–H and O–H groups in total. The summed E-state index contributed by atoms with van der Waals surface area (Å²) in [5, 5.41) is 20.1. The van der Waals surface area contributed by atoms with E-state index in [1.165, 1.54) is 47.3 Å². The summed E-state index contributed by atoms with van der Waals surface area (Å²) in [4.78, 5) is 21.6. The predicted octanol–water partition coefficient (Wildman–Crippen LogP) is 4.40. The molecule has 46 heavy (non-hydrogen) atoms. The van der Waals surface area contributed by atoms with Crippen LogP contribution in [0.15, 0.2) is 90.5 Å². The van der Waals surface area contributed by atoms with Crippen LogP contribution in [-0.4, -0.2) is 60.4 Å². The Kier molecular flexibility index (Phi) is 8.10.